The summed E-state index contributed by atoms with van der Waals surface area (Å²) in [7, 11) is 0. The van der Waals surface area contributed by atoms with Crippen LogP contribution < -0.4 is 5.32 Å². The second kappa shape index (κ2) is 4.34. The number of aromatic carboxylic acids is 1. The van der Waals surface area contributed by atoms with Crippen molar-refractivity contribution in [2.45, 2.75) is 6.92 Å². The summed E-state index contributed by atoms with van der Waals surface area (Å²) in [6.45, 7) is 1.75. The van der Waals surface area contributed by atoms with Crippen LogP contribution in [0.5, 0.6) is 0 Å². The van der Waals surface area contributed by atoms with Gasteiger partial charge >= 0.3 is 5.97 Å². The number of amides is 1. The number of carboxylic acids is 1. The minimum atomic E-state index is -1.23. The molecule has 0 unspecified atom stereocenters. The fourth-order valence-electron chi connectivity index (χ4n) is 1.08. The number of anilines is 1. The van der Waals surface area contributed by atoms with E-state index in [1.165, 1.54) is 23.5 Å². The molecule has 0 radical (unpaired) electrons. The fourth-order valence-corrected chi connectivity index (χ4v) is 1.67. The molecule has 2 heterocycles. The standard InChI is InChI=1S/C9H7N3O4S/c1-4-11-12-9(17-4)10-7(13)5-2-3-6(16-5)8(14)15/h2-3H,1H3,(H,14,15)(H,10,12,13). The molecule has 0 atom stereocenters. The van der Waals surface area contributed by atoms with Crippen molar-refractivity contribution in [1.29, 1.82) is 0 Å². The molecule has 7 nitrogen and oxygen atoms in total. The average Bonchev–Trinajstić information content (AvgIpc) is 2.86. The maximum Gasteiger partial charge on any atom is 0.371 e. The number of hydrogen-bond acceptors (Lipinski definition) is 6. The lowest BCUT2D eigenvalue weighted by Gasteiger charge is -1.96. The van der Waals surface area contributed by atoms with Gasteiger partial charge in [-0.3, -0.25) is 10.1 Å². The van der Waals surface area contributed by atoms with Crippen LogP contribution in [-0.4, -0.2) is 27.2 Å². The second-order valence-electron chi connectivity index (χ2n) is 3.05. The lowest BCUT2D eigenvalue weighted by molar-refractivity contribution is 0.0660. The molecular formula is C9H7N3O4S. The topological polar surface area (TPSA) is 105 Å². The van der Waals surface area contributed by atoms with Crippen LogP contribution in [0.1, 0.15) is 26.1 Å². The van der Waals surface area contributed by atoms with Gasteiger partial charge in [-0.25, -0.2) is 4.79 Å². The van der Waals surface area contributed by atoms with Gasteiger partial charge in [-0.15, -0.1) is 10.2 Å². The molecule has 8 heteroatoms. The summed E-state index contributed by atoms with van der Waals surface area (Å²) in [5, 5.41) is 19.6. The van der Waals surface area contributed by atoms with Gasteiger partial charge < -0.3 is 9.52 Å². The zero-order valence-corrected chi connectivity index (χ0v) is 9.45. The molecule has 0 aliphatic heterocycles. The highest BCUT2D eigenvalue weighted by molar-refractivity contribution is 7.15. The first kappa shape index (κ1) is 11.3. The van der Waals surface area contributed by atoms with Gasteiger partial charge in [0, 0.05) is 0 Å². The second-order valence-corrected chi connectivity index (χ2v) is 4.23. The first-order chi connectivity index (χ1) is 8.06. The molecule has 2 rings (SSSR count). The molecule has 1 amide bonds. The van der Waals surface area contributed by atoms with Crippen LogP contribution in [0.15, 0.2) is 16.5 Å². The summed E-state index contributed by atoms with van der Waals surface area (Å²) in [5.41, 5.74) is 0. The Morgan fingerprint density at radius 3 is 2.59 bits per heavy atom. The van der Waals surface area contributed by atoms with Crippen molar-refractivity contribution in [3.05, 3.63) is 28.7 Å². The van der Waals surface area contributed by atoms with E-state index in [2.05, 4.69) is 15.5 Å². The molecule has 0 spiro atoms. The number of carbonyl (C=O) groups excluding carboxylic acids is 1. The zero-order chi connectivity index (χ0) is 12.4. The van der Waals surface area contributed by atoms with Crippen molar-refractivity contribution >= 4 is 28.3 Å². The molecule has 17 heavy (non-hydrogen) atoms. The van der Waals surface area contributed by atoms with E-state index >= 15 is 0 Å². The van der Waals surface area contributed by atoms with Crippen LogP contribution in [0.3, 0.4) is 0 Å². The summed E-state index contributed by atoms with van der Waals surface area (Å²) in [6.07, 6.45) is 0. The predicted molar refractivity (Wildman–Crippen MR) is 58.3 cm³/mol. The van der Waals surface area contributed by atoms with Crippen molar-refractivity contribution in [3.63, 3.8) is 0 Å². The molecule has 0 saturated carbocycles. The van der Waals surface area contributed by atoms with E-state index in [1.807, 2.05) is 0 Å². The van der Waals surface area contributed by atoms with Crippen molar-refractivity contribution in [2.75, 3.05) is 5.32 Å². The number of nitrogens with zero attached hydrogens (tertiary/aromatic N) is 2. The molecule has 0 aromatic carbocycles. The first-order valence-electron chi connectivity index (χ1n) is 4.51. The van der Waals surface area contributed by atoms with Crippen molar-refractivity contribution < 1.29 is 19.1 Å². The Kier molecular flexibility index (Phi) is 2.88. The molecule has 2 N–H and O–H groups in total. The Labute approximate surface area is 99.1 Å². The van der Waals surface area contributed by atoms with Crippen LogP contribution in [0.4, 0.5) is 5.13 Å². The number of carbonyl (C=O) groups is 2. The summed E-state index contributed by atoms with van der Waals surface area (Å²) >= 11 is 1.21. The Bertz CT molecular complexity index is 574. The van der Waals surface area contributed by atoms with Gasteiger partial charge in [0.1, 0.15) is 5.01 Å². The Hall–Kier alpha value is -2.22. The highest BCUT2D eigenvalue weighted by Gasteiger charge is 2.16. The average molecular weight is 253 g/mol. The van der Waals surface area contributed by atoms with Crippen LogP contribution in [-0.2, 0) is 0 Å². The van der Waals surface area contributed by atoms with Crippen molar-refractivity contribution in [2.24, 2.45) is 0 Å². The number of rotatable bonds is 3. The van der Waals surface area contributed by atoms with E-state index in [-0.39, 0.29) is 11.5 Å². The predicted octanol–water partition coefficient (Wildman–Crippen LogP) is 1.39. The van der Waals surface area contributed by atoms with Crippen molar-refractivity contribution in [1.82, 2.24) is 10.2 Å². The number of nitrogens with one attached hydrogen (secondary N) is 1. The van der Waals surface area contributed by atoms with Crippen LogP contribution >= 0.6 is 11.3 Å². The van der Waals surface area contributed by atoms with Gasteiger partial charge in [0.2, 0.25) is 10.9 Å². The smallest absolute Gasteiger partial charge is 0.371 e. The van der Waals surface area contributed by atoms with E-state index in [0.717, 1.165) is 0 Å². The summed E-state index contributed by atoms with van der Waals surface area (Å²) in [5.74, 6) is -2.16. The number of aromatic nitrogens is 2. The highest BCUT2D eigenvalue weighted by atomic mass is 32.1. The lowest BCUT2D eigenvalue weighted by Crippen LogP contribution is -2.10. The molecule has 0 aliphatic carbocycles. The van der Waals surface area contributed by atoms with Crippen LogP contribution in [0.2, 0.25) is 0 Å². The fraction of sp³-hybridized carbons (Fsp3) is 0.111. The molecule has 2 aromatic rings. The molecule has 0 bridgehead atoms. The third-order valence-electron chi connectivity index (χ3n) is 1.79. The van der Waals surface area contributed by atoms with Crippen LogP contribution in [0.25, 0.3) is 0 Å². The summed E-state index contributed by atoms with van der Waals surface area (Å²) in [6, 6.07) is 2.50. The van der Waals surface area contributed by atoms with Gasteiger partial charge in [-0.1, -0.05) is 11.3 Å². The number of carboxylic acid groups (broad SMARTS) is 1. The Morgan fingerprint density at radius 2 is 2.06 bits per heavy atom. The third-order valence-corrected chi connectivity index (χ3v) is 2.54. The van der Waals surface area contributed by atoms with Gasteiger partial charge in [0.25, 0.3) is 5.91 Å². The molecule has 0 fully saturated rings. The quantitative estimate of drug-likeness (QED) is 0.856. The van der Waals surface area contributed by atoms with Gasteiger partial charge in [-0.05, 0) is 19.1 Å². The van der Waals surface area contributed by atoms with E-state index in [1.54, 1.807) is 6.92 Å². The number of hydrogen-bond donors (Lipinski definition) is 2. The largest absolute Gasteiger partial charge is 0.475 e. The SMILES string of the molecule is Cc1nnc(NC(=O)c2ccc(C(=O)O)o2)s1. The van der Waals surface area contributed by atoms with Crippen molar-refractivity contribution in [3.8, 4) is 0 Å². The van der Waals surface area contributed by atoms with E-state index in [9.17, 15) is 9.59 Å². The Morgan fingerprint density at radius 1 is 1.35 bits per heavy atom. The maximum atomic E-state index is 11.6. The summed E-state index contributed by atoms with van der Waals surface area (Å²) < 4.78 is 4.83. The molecule has 2 aromatic heterocycles. The molecular weight excluding hydrogens is 246 g/mol. The highest BCUT2D eigenvalue weighted by Crippen LogP contribution is 2.16. The first-order valence-corrected chi connectivity index (χ1v) is 5.32. The van der Waals surface area contributed by atoms with E-state index < -0.39 is 11.9 Å². The van der Waals surface area contributed by atoms with Gasteiger partial charge in [0.05, 0.1) is 0 Å². The number of aryl methyl sites for hydroxylation is 1. The van der Waals surface area contributed by atoms with E-state index in [0.29, 0.717) is 10.1 Å². The normalized spacial score (nSPS) is 10.2. The Balaban J connectivity index is 2.11. The lowest BCUT2D eigenvalue weighted by atomic mass is 10.4. The van der Waals surface area contributed by atoms with Crippen LogP contribution in [0, 0.1) is 6.92 Å². The van der Waals surface area contributed by atoms with E-state index in [4.69, 9.17) is 9.52 Å². The maximum absolute atomic E-state index is 11.6. The van der Waals surface area contributed by atoms with Gasteiger partial charge in [0.15, 0.2) is 5.76 Å². The molecule has 0 saturated heterocycles. The minimum Gasteiger partial charge on any atom is -0.475 e. The minimum absolute atomic E-state index is 0.0877. The summed E-state index contributed by atoms with van der Waals surface area (Å²) in [4.78, 5) is 22.2. The number of furan rings is 1. The zero-order valence-electron chi connectivity index (χ0n) is 8.63. The monoisotopic (exact) mass is 253 g/mol. The molecule has 0 aliphatic rings. The third kappa shape index (κ3) is 2.48. The van der Waals surface area contributed by atoms with Gasteiger partial charge in [-0.2, -0.15) is 0 Å². The molecule has 88 valence electrons.